The number of halogens is 1. The first kappa shape index (κ1) is 14.0. The molecule has 21 heavy (non-hydrogen) atoms. The molecule has 3 rings (SSSR count). The highest BCUT2D eigenvalue weighted by Gasteiger charge is 2.53. The summed E-state index contributed by atoms with van der Waals surface area (Å²) in [5.74, 6) is -1.47. The summed E-state index contributed by atoms with van der Waals surface area (Å²) in [5.41, 5.74) is 0.195. The third-order valence-electron chi connectivity index (χ3n) is 4.19. The molecule has 1 heterocycles. The third-order valence-corrected chi connectivity index (χ3v) is 4.19. The fraction of sp³-hybridized carbons (Fsp3) is 0.467. The van der Waals surface area contributed by atoms with Crippen molar-refractivity contribution < 1.29 is 23.8 Å². The molecular weight excluding hydrogens is 277 g/mol. The minimum atomic E-state index is -1.06. The molecule has 1 saturated carbocycles. The number of carboxylic acid groups (broad SMARTS) is 1. The quantitative estimate of drug-likeness (QED) is 0.908. The van der Waals surface area contributed by atoms with Crippen molar-refractivity contribution in [3.8, 4) is 0 Å². The molecule has 1 amide bonds. The summed E-state index contributed by atoms with van der Waals surface area (Å²) >= 11 is 0. The van der Waals surface area contributed by atoms with E-state index in [4.69, 9.17) is 9.84 Å². The highest BCUT2D eigenvalue weighted by atomic mass is 19.1. The molecule has 1 aromatic rings. The lowest BCUT2D eigenvalue weighted by Gasteiger charge is -2.33. The lowest BCUT2D eigenvalue weighted by Crippen LogP contribution is -2.51. The van der Waals surface area contributed by atoms with Gasteiger partial charge < -0.3 is 14.7 Å². The monoisotopic (exact) mass is 293 g/mol. The van der Waals surface area contributed by atoms with Crippen LogP contribution in [0.3, 0.4) is 0 Å². The number of carbonyl (C=O) groups is 2. The Morgan fingerprint density at radius 2 is 1.95 bits per heavy atom. The van der Waals surface area contributed by atoms with E-state index in [-0.39, 0.29) is 24.9 Å². The predicted octanol–water partition coefficient (Wildman–Crippen LogP) is 1.17. The van der Waals surface area contributed by atoms with Crippen LogP contribution in [0.15, 0.2) is 24.3 Å². The molecule has 0 bridgehead atoms. The Kier molecular flexibility index (Phi) is 3.41. The second-order valence-electron chi connectivity index (χ2n) is 5.54. The SMILES string of the molecule is O=C(O)C1CN(C(=O)C2(c3ccc(F)cc3)CC2)CCO1. The van der Waals surface area contributed by atoms with Gasteiger partial charge in [0.2, 0.25) is 5.91 Å². The lowest BCUT2D eigenvalue weighted by molar-refractivity contribution is -0.160. The number of aliphatic carboxylic acids is 1. The molecule has 1 aromatic carbocycles. The first-order valence-corrected chi connectivity index (χ1v) is 6.93. The van der Waals surface area contributed by atoms with Crippen molar-refractivity contribution in [3.63, 3.8) is 0 Å². The number of benzene rings is 1. The van der Waals surface area contributed by atoms with Crippen molar-refractivity contribution >= 4 is 11.9 Å². The van der Waals surface area contributed by atoms with Crippen molar-refractivity contribution in [1.82, 2.24) is 4.90 Å². The topological polar surface area (TPSA) is 66.8 Å². The zero-order valence-electron chi connectivity index (χ0n) is 11.4. The van der Waals surface area contributed by atoms with Crippen LogP contribution in [-0.2, 0) is 19.7 Å². The highest BCUT2D eigenvalue weighted by Crippen LogP contribution is 2.49. The van der Waals surface area contributed by atoms with Gasteiger partial charge in [-0.1, -0.05) is 12.1 Å². The van der Waals surface area contributed by atoms with E-state index in [2.05, 4.69) is 0 Å². The number of hydrogen-bond donors (Lipinski definition) is 1. The van der Waals surface area contributed by atoms with Crippen LogP contribution in [0.25, 0.3) is 0 Å². The second kappa shape index (κ2) is 5.11. The number of morpholine rings is 1. The van der Waals surface area contributed by atoms with Crippen molar-refractivity contribution in [2.24, 2.45) is 0 Å². The number of hydrogen-bond acceptors (Lipinski definition) is 3. The van der Waals surface area contributed by atoms with E-state index in [1.165, 1.54) is 12.1 Å². The Labute approximate surface area is 121 Å². The van der Waals surface area contributed by atoms with Gasteiger partial charge in [0, 0.05) is 6.54 Å². The second-order valence-corrected chi connectivity index (χ2v) is 5.54. The number of nitrogens with zero attached hydrogens (tertiary/aromatic N) is 1. The number of ether oxygens (including phenoxy) is 1. The van der Waals surface area contributed by atoms with Crippen molar-refractivity contribution in [2.45, 2.75) is 24.4 Å². The first-order chi connectivity index (χ1) is 10.0. The summed E-state index contributed by atoms with van der Waals surface area (Å²) < 4.78 is 18.1. The van der Waals surface area contributed by atoms with Gasteiger partial charge in [-0.15, -0.1) is 0 Å². The van der Waals surface area contributed by atoms with Gasteiger partial charge in [0.05, 0.1) is 18.6 Å². The van der Waals surface area contributed by atoms with E-state index in [0.29, 0.717) is 19.4 Å². The average molecular weight is 293 g/mol. The number of amides is 1. The van der Waals surface area contributed by atoms with Crippen LogP contribution >= 0.6 is 0 Å². The number of carboxylic acids is 1. The fourth-order valence-corrected chi connectivity index (χ4v) is 2.81. The van der Waals surface area contributed by atoms with Crippen molar-refractivity contribution in [3.05, 3.63) is 35.6 Å². The van der Waals surface area contributed by atoms with E-state index in [1.54, 1.807) is 17.0 Å². The Morgan fingerprint density at radius 1 is 1.29 bits per heavy atom. The van der Waals surface area contributed by atoms with Gasteiger partial charge in [0.15, 0.2) is 6.10 Å². The largest absolute Gasteiger partial charge is 0.479 e. The van der Waals surface area contributed by atoms with Crippen molar-refractivity contribution in [2.75, 3.05) is 19.7 Å². The molecule has 2 fully saturated rings. The molecule has 6 heteroatoms. The van der Waals surface area contributed by atoms with Crippen LogP contribution in [0, 0.1) is 5.82 Å². The molecule has 5 nitrogen and oxygen atoms in total. The highest BCUT2D eigenvalue weighted by molar-refractivity contribution is 5.91. The number of carbonyl (C=O) groups excluding carboxylic acids is 1. The minimum Gasteiger partial charge on any atom is -0.479 e. The Bertz CT molecular complexity index is 568. The van der Waals surface area contributed by atoms with Crippen LogP contribution in [0.1, 0.15) is 18.4 Å². The molecule has 2 aliphatic rings. The van der Waals surface area contributed by atoms with Gasteiger partial charge in [-0.05, 0) is 30.5 Å². The van der Waals surface area contributed by atoms with Gasteiger partial charge in [0.25, 0.3) is 0 Å². The molecule has 1 aliphatic heterocycles. The fourth-order valence-electron chi connectivity index (χ4n) is 2.81. The molecule has 1 unspecified atom stereocenters. The van der Waals surface area contributed by atoms with Gasteiger partial charge >= 0.3 is 5.97 Å². The molecular formula is C15H16FNO4. The maximum absolute atomic E-state index is 13.0. The summed E-state index contributed by atoms with van der Waals surface area (Å²) in [4.78, 5) is 25.3. The molecule has 0 spiro atoms. The maximum atomic E-state index is 13.0. The summed E-state index contributed by atoms with van der Waals surface area (Å²) in [5, 5.41) is 9.00. The molecule has 0 radical (unpaired) electrons. The number of rotatable bonds is 3. The zero-order valence-corrected chi connectivity index (χ0v) is 11.4. The van der Waals surface area contributed by atoms with Crippen LogP contribution in [0.2, 0.25) is 0 Å². The lowest BCUT2D eigenvalue weighted by atomic mass is 9.94. The van der Waals surface area contributed by atoms with Gasteiger partial charge in [-0.3, -0.25) is 4.79 Å². The molecule has 1 aliphatic carbocycles. The van der Waals surface area contributed by atoms with E-state index >= 15 is 0 Å². The Hall–Kier alpha value is -1.95. The maximum Gasteiger partial charge on any atom is 0.334 e. The van der Waals surface area contributed by atoms with E-state index in [0.717, 1.165) is 5.56 Å². The van der Waals surface area contributed by atoms with Crippen LogP contribution in [0.5, 0.6) is 0 Å². The first-order valence-electron chi connectivity index (χ1n) is 6.93. The van der Waals surface area contributed by atoms with Gasteiger partial charge in [-0.2, -0.15) is 0 Å². The zero-order chi connectivity index (χ0) is 15.0. The van der Waals surface area contributed by atoms with Gasteiger partial charge in [-0.25, -0.2) is 9.18 Å². The molecule has 1 saturated heterocycles. The Morgan fingerprint density at radius 3 is 2.52 bits per heavy atom. The third kappa shape index (κ3) is 2.51. The summed E-state index contributed by atoms with van der Waals surface area (Å²) in [6.07, 6.45) is 0.464. The smallest absolute Gasteiger partial charge is 0.334 e. The van der Waals surface area contributed by atoms with E-state index in [9.17, 15) is 14.0 Å². The van der Waals surface area contributed by atoms with Crippen LogP contribution in [-0.4, -0.2) is 47.7 Å². The van der Waals surface area contributed by atoms with E-state index < -0.39 is 17.5 Å². The van der Waals surface area contributed by atoms with E-state index in [1.807, 2.05) is 0 Å². The molecule has 112 valence electrons. The molecule has 0 aromatic heterocycles. The summed E-state index contributed by atoms with van der Waals surface area (Å²) in [6, 6.07) is 5.97. The summed E-state index contributed by atoms with van der Waals surface area (Å²) in [6.45, 7) is 0.685. The van der Waals surface area contributed by atoms with Crippen molar-refractivity contribution in [1.29, 1.82) is 0 Å². The minimum absolute atomic E-state index is 0.0666. The Balaban J connectivity index is 1.78. The predicted molar refractivity (Wildman–Crippen MR) is 71.3 cm³/mol. The summed E-state index contributed by atoms with van der Waals surface area (Å²) in [7, 11) is 0. The van der Waals surface area contributed by atoms with Crippen LogP contribution < -0.4 is 0 Å². The standard InChI is InChI=1S/C15H16FNO4/c16-11-3-1-10(2-4-11)15(5-6-15)14(20)17-7-8-21-12(9-17)13(18)19/h1-4,12H,5-9H2,(H,18,19). The molecule has 1 N–H and O–H groups in total. The van der Waals surface area contributed by atoms with Gasteiger partial charge in [0.1, 0.15) is 5.82 Å². The normalized spacial score (nSPS) is 23.7. The van der Waals surface area contributed by atoms with Crippen LogP contribution in [0.4, 0.5) is 4.39 Å². The average Bonchev–Trinajstić information content (AvgIpc) is 3.29. The molecule has 1 atom stereocenters.